The molecule has 2 atom stereocenters. The largest absolute Gasteiger partial charge is 0.327 e. The molecule has 1 nitrogen and oxygen atoms in total. The van der Waals surface area contributed by atoms with E-state index in [0.717, 1.165) is 12.8 Å². The van der Waals surface area contributed by atoms with E-state index >= 15 is 0 Å². The number of hydrogen-bond donors (Lipinski definition) is 1. The van der Waals surface area contributed by atoms with Crippen LogP contribution in [0.25, 0.3) is 0 Å². The molecule has 0 aliphatic heterocycles. The Kier molecular flexibility index (Phi) is 2.12. The van der Waals surface area contributed by atoms with Crippen molar-refractivity contribution in [3.63, 3.8) is 0 Å². The lowest BCUT2D eigenvalue weighted by Gasteiger charge is -2.29. The molecule has 13 heavy (non-hydrogen) atoms. The SMILES string of the molecule is Cc1cccc2c1C(C)C(N)CC2. The Morgan fingerprint density at radius 3 is 2.92 bits per heavy atom. The first kappa shape index (κ1) is 8.76. The van der Waals surface area contributed by atoms with Crippen molar-refractivity contribution in [1.29, 1.82) is 0 Å². The van der Waals surface area contributed by atoms with Crippen LogP contribution >= 0.6 is 0 Å². The van der Waals surface area contributed by atoms with Crippen LogP contribution in [0.3, 0.4) is 0 Å². The molecule has 1 aromatic carbocycles. The van der Waals surface area contributed by atoms with Crippen LogP contribution in [0.1, 0.15) is 36.0 Å². The highest BCUT2D eigenvalue weighted by atomic mass is 14.7. The molecule has 0 radical (unpaired) electrons. The number of nitrogens with two attached hydrogens (primary N) is 1. The van der Waals surface area contributed by atoms with Crippen LogP contribution in [-0.4, -0.2) is 6.04 Å². The van der Waals surface area contributed by atoms with Gasteiger partial charge in [-0.3, -0.25) is 0 Å². The fourth-order valence-corrected chi connectivity index (χ4v) is 2.40. The van der Waals surface area contributed by atoms with Gasteiger partial charge < -0.3 is 5.73 Å². The Balaban J connectivity index is 2.51. The molecule has 0 fully saturated rings. The zero-order chi connectivity index (χ0) is 9.42. The second kappa shape index (κ2) is 3.15. The minimum atomic E-state index is 0.355. The lowest BCUT2D eigenvalue weighted by atomic mass is 9.79. The second-order valence-electron chi connectivity index (χ2n) is 4.14. The van der Waals surface area contributed by atoms with E-state index in [1.807, 2.05) is 0 Å². The highest BCUT2D eigenvalue weighted by Gasteiger charge is 2.23. The van der Waals surface area contributed by atoms with E-state index in [4.69, 9.17) is 5.73 Å². The van der Waals surface area contributed by atoms with E-state index in [0.29, 0.717) is 12.0 Å². The minimum Gasteiger partial charge on any atom is -0.327 e. The average Bonchev–Trinajstić information content (AvgIpc) is 2.12. The standard InChI is InChI=1S/C12H17N/c1-8-4-3-5-10-6-7-11(13)9(2)12(8)10/h3-5,9,11H,6-7,13H2,1-2H3. The van der Waals surface area contributed by atoms with Gasteiger partial charge >= 0.3 is 0 Å². The lowest BCUT2D eigenvalue weighted by molar-refractivity contribution is 0.495. The van der Waals surface area contributed by atoms with Gasteiger partial charge in [0.15, 0.2) is 0 Å². The Morgan fingerprint density at radius 1 is 1.38 bits per heavy atom. The van der Waals surface area contributed by atoms with Gasteiger partial charge in [0.2, 0.25) is 0 Å². The van der Waals surface area contributed by atoms with E-state index < -0.39 is 0 Å². The second-order valence-corrected chi connectivity index (χ2v) is 4.14. The van der Waals surface area contributed by atoms with Crippen molar-refractivity contribution in [1.82, 2.24) is 0 Å². The molecular weight excluding hydrogens is 158 g/mol. The average molecular weight is 175 g/mol. The fraction of sp³-hybridized carbons (Fsp3) is 0.500. The number of aryl methyl sites for hydroxylation is 2. The summed E-state index contributed by atoms with van der Waals surface area (Å²) < 4.78 is 0. The topological polar surface area (TPSA) is 26.0 Å². The molecule has 0 amide bonds. The molecule has 0 heterocycles. The van der Waals surface area contributed by atoms with Crippen LogP contribution in [0, 0.1) is 6.92 Å². The molecule has 0 aromatic heterocycles. The van der Waals surface area contributed by atoms with Crippen LogP contribution in [-0.2, 0) is 6.42 Å². The van der Waals surface area contributed by atoms with Gasteiger partial charge in [-0.25, -0.2) is 0 Å². The van der Waals surface area contributed by atoms with Gasteiger partial charge in [0.1, 0.15) is 0 Å². The lowest BCUT2D eigenvalue weighted by Crippen LogP contribution is -2.32. The molecule has 1 aromatic rings. The zero-order valence-electron chi connectivity index (χ0n) is 8.38. The molecule has 1 heteroatoms. The van der Waals surface area contributed by atoms with Gasteiger partial charge in [0, 0.05) is 6.04 Å². The summed E-state index contributed by atoms with van der Waals surface area (Å²) in [5.74, 6) is 0.532. The van der Waals surface area contributed by atoms with Crippen molar-refractivity contribution >= 4 is 0 Å². The normalized spacial score (nSPS) is 27.0. The first-order chi connectivity index (χ1) is 6.20. The third kappa shape index (κ3) is 1.37. The molecule has 2 N–H and O–H groups in total. The van der Waals surface area contributed by atoms with Crippen LogP contribution in [0.2, 0.25) is 0 Å². The quantitative estimate of drug-likeness (QED) is 0.643. The van der Waals surface area contributed by atoms with Gasteiger partial charge in [-0.15, -0.1) is 0 Å². The summed E-state index contributed by atoms with van der Waals surface area (Å²) in [5.41, 5.74) is 10.5. The van der Waals surface area contributed by atoms with Crippen molar-refractivity contribution in [3.8, 4) is 0 Å². The molecule has 2 rings (SSSR count). The summed E-state index contributed by atoms with van der Waals surface area (Å²) in [6.07, 6.45) is 2.29. The Hall–Kier alpha value is -0.820. The number of benzene rings is 1. The number of hydrogen-bond acceptors (Lipinski definition) is 1. The van der Waals surface area contributed by atoms with E-state index in [1.54, 1.807) is 0 Å². The number of rotatable bonds is 0. The zero-order valence-corrected chi connectivity index (χ0v) is 8.38. The third-order valence-corrected chi connectivity index (χ3v) is 3.26. The molecular formula is C12H17N. The van der Waals surface area contributed by atoms with Crippen molar-refractivity contribution < 1.29 is 0 Å². The van der Waals surface area contributed by atoms with Gasteiger partial charge in [-0.05, 0) is 42.4 Å². The van der Waals surface area contributed by atoms with Gasteiger partial charge in [0.05, 0.1) is 0 Å². The van der Waals surface area contributed by atoms with E-state index in [2.05, 4.69) is 32.0 Å². The summed E-state index contributed by atoms with van der Waals surface area (Å²) in [4.78, 5) is 0. The summed E-state index contributed by atoms with van der Waals surface area (Å²) in [6.45, 7) is 4.43. The van der Waals surface area contributed by atoms with Gasteiger partial charge in [-0.1, -0.05) is 25.1 Å². The maximum absolute atomic E-state index is 6.06. The first-order valence-electron chi connectivity index (χ1n) is 5.04. The van der Waals surface area contributed by atoms with E-state index in [1.165, 1.54) is 16.7 Å². The van der Waals surface area contributed by atoms with Gasteiger partial charge in [0.25, 0.3) is 0 Å². The molecule has 2 unspecified atom stereocenters. The molecule has 0 spiro atoms. The Bertz CT molecular complexity index is 317. The molecule has 1 aliphatic rings. The van der Waals surface area contributed by atoms with E-state index in [9.17, 15) is 0 Å². The predicted molar refractivity (Wildman–Crippen MR) is 55.9 cm³/mol. The van der Waals surface area contributed by atoms with Crippen LogP contribution < -0.4 is 5.73 Å². The Labute approximate surface area is 80.0 Å². The summed E-state index contributed by atoms with van der Waals surface area (Å²) in [6, 6.07) is 6.93. The van der Waals surface area contributed by atoms with Crippen molar-refractivity contribution in [3.05, 3.63) is 34.9 Å². The smallest absolute Gasteiger partial charge is 0.0109 e. The maximum atomic E-state index is 6.06. The molecule has 0 saturated heterocycles. The highest BCUT2D eigenvalue weighted by molar-refractivity contribution is 5.39. The number of fused-ring (bicyclic) bond motifs is 1. The van der Waals surface area contributed by atoms with E-state index in [-0.39, 0.29) is 0 Å². The van der Waals surface area contributed by atoms with Crippen LogP contribution in [0.4, 0.5) is 0 Å². The van der Waals surface area contributed by atoms with Gasteiger partial charge in [-0.2, -0.15) is 0 Å². The summed E-state index contributed by atoms with van der Waals surface area (Å²) in [7, 11) is 0. The minimum absolute atomic E-state index is 0.355. The molecule has 70 valence electrons. The van der Waals surface area contributed by atoms with Crippen molar-refractivity contribution in [2.24, 2.45) is 5.73 Å². The molecule has 0 bridgehead atoms. The summed E-state index contributed by atoms with van der Waals surface area (Å²) >= 11 is 0. The first-order valence-corrected chi connectivity index (χ1v) is 5.04. The fourth-order valence-electron chi connectivity index (χ4n) is 2.40. The monoisotopic (exact) mass is 175 g/mol. The third-order valence-electron chi connectivity index (χ3n) is 3.26. The maximum Gasteiger partial charge on any atom is 0.0109 e. The summed E-state index contributed by atoms with van der Waals surface area (Å²) in [5, 5.41) is 0. The van der Waals surface area contributed by atoms with Crippen molar-refractivity contribution in [2.45, 2.75) is 38.6 Å². The molecule has 0 saturated carbocycles. The predicted octanol–water partition coefficient (Wildman–Crippen LogP) is 2.37. The van der Waals surface area contributed by atoms with Crippen LogP contribution in [0.15, 0.2) is 18.2 Å². The molecule has 1 aliphatic carbocycles. The Morgan fingerprint density at radius 2 is 2.15 bits per heavy atom. The van der Waals surface area contributed by atoms with Crippen LogP contribution in [0.5, 0.6) is 0 Å². The van der Waals surface area contributed by atoms with Crippen molar-refractivity contribution in [2.75, 3.05) is 0 Å². The highest BCUT2D eigenvalue weighted by Crippen LogP contribution is 2.32.